The lowest BCUT2D eigenvalue weighted by Crippen LogP contribution is -2.31. The average molecular weight is 348 g/mol. The Morgan fingerprint density at radius 2 is 2.08 bits per heavy atom. The summed E-state index contributed by atoms with van der Waals surface area (Å²) in [6.07, 6.45) is 1.62. The highest BCUT2D eigenvalue weighted by molar-refractivity contribution is 7.80. The van der Waals surface area contributed by atoms with Gasteiger partial charge in [-0.05, 0) is 30.8 Å². The summed E-state index contributed by atoms with van der Waals surface area (Å²) in [4.78, 5) is 4.01. The standard InChI is InChI=1S/C16H14F2N4OS/c1-23-11-7-13(17)12(14(18)8-11)4-6-21-16(24)22-15-10(9-19)3-2-5-20-15/h2-3,5,7-8H,4,6H2,1H3,(H2,20,21,22,24). The second-order valence-electron chi connectivity index (χ2n) is 4.71. The van der Waals surface area contributed by atoms with Crippen molar-refractivity contribution in [1.82, 2.24) is 10.3 Å². The minimum Gasteiger partial charge on any atom is -0.497 e. The normalized spacial score (nSPS) is 9.92. The van der Waals surface area contributed by atoms with Crippen molar-refractivity contribution in [3.63, 3.8) is 0 Å². The summed E-state index contributed by atoms with van der Waals surface area (Å²) >= 11 is 5.09. The minimum absolute atomic E-state index is 0.0540. The molecular formula is C16H14F2N4OS. The van der Waals surface area contributed by atoms with E-state index in [1.54, 1.807) is 12.1 Å². The number of nitrogens with one attached hydrogen (secondary N) is 2. The highest BCUT2D eigenvalue weighted by atomic mass is 32.1. The van der Waals surface area contributed by atoms with Gasteiger partial charge in [0, 0.05) is 30.4 Å². The van der Waals surface area contributed by atoms with Crippen molar-refractivity contribution >= 4 is 23.1 Å². The van der Waals surface area contributed by atoms with Crippen LogP contribution in [0.25, 0.3) is 0 Å². The molecule has 0 amide bonds. The zero-order chi connectivity index (χ0) is 17.5. The molecule has 1 aromatic heterocycles. The van der Waals surface area contributed by atoms with E-state index < -0.39 is 11.6 Å². The van der Waals surface area contributed by atoms with E-state index in [2.05, 4.69) is 15.6 Å². The molecule has 0 aliphatic carbocycles. The third-order valence-electron chi connectivity index (χ3n) is 3.17. The second-order valence-corrected chi connectivity index (χ2v) is 5.12. The quantitative estimate of drug-likeness (QED) is 0.810. The van der Waals surface area contributed by atoms with Crippen molar-refractivity contribution in [2.24, 2.45) is 0 Å². The third-order valence-corrected chi connectivity index (χ3v) is 3.42. The van der Waals surface area contributed by atoms with Crippen LogP contribution < -0.4 is 15.4 Å². The van der Waals surface area contributed by atoms with Gasteiger partial charge in [-0.3, -0.25) is 0 Å². The Kier molecular flexibility index (Phi) is 5.98. The van der Waals surface area contributed by atoms with Crippen LogP contribution in [0.3, 0.4) is 0 Å². The molecule has 24 heavy (non-hydrogen) atoms. The number of nitriles is 1. The fourth-order valence-electron chi connectivity index (χ4n) is 1.98. The molecule has 0 aliphatic rings. The molecule has 0 spiro atoms. The maximum absolute atomic E-state index is 13.8. The van der Waals surface area contributed by atoms with Gasteiger partial charge < -0.3 is 15.4 Å². The predicted molar refractivity (Wildman–Crippen MR) is 89.8 cm³/mol. The molecular weight excluding hydrogens is 334 g/mol. The Bertz CT molecular complexity index is 769. The molecule has 0 saturated carbocycles. The summed E-state index contributed by atoms with van der Waals surface area (Å²) in [5.41, 5.74) is 0.288. The maximum Gasteiger partial charge on any atom is 0.171 e. The number of benzene rings is 1. The number of hydrogen-bond acceptors (Lipinski definition) is 4. The summed E-state index contributed by atoms with van der Waals surface area (Å²) in [5, 5.41) is 14.8. The first-order chi connectivity index (χ1) is 11.5. The lowest BCUT2D eigenvalue weighted by atomic mass is 10.1. The molecule has 124 valence electrons. The van der Waals surface area contributed by atoms with Gasteiger partial charge in [0.2, 0.25) is 0 Å². The summed E-state index contributed by atoms with van der Waals surface area (Å²) < 4.78 is 32.5. The number of ether oxygens (including phenoxy) is 1. The maximum atomic E-state index is 13.8. The van der Waals surface area contributed by atoms with Crippen LogP contribution >= 0.6 is 12.2 Å². The van der Waals surface area contributed by atoms with E-state index >= 15 is 0 Å². The molecule has 0 aliphatic heterocycles. The number of hydrogen-bond donors (Lipinski definition) is 2. The average Bonchev–Trinajstić information content (AvgIpc) is 2.57. The van der Waals surface area contributed by atoms with Crippen LogP contribution in [0.2, 0.25) is 0 Å². The largest absolute Gasteiger partial charge is 0.497 e. The summed E-state index contributed by atoms with van der Waals surface area (Å²) in [5.74, 6) is -0.912. The van der Waals surface area contributed by atoms with Crippen molar-refractivity contribution in [3.05, 3.63) is 53.2 Å². The van der Waals surface area contributed by atoms with Gasteiger partial charge in [-0.2, -0.15) is 5.26 Å². The second kappa shape index (κ2) is 8.17. The fraction of sp³-hybridized carbons (Fsp3) is 0.188. The first-order valence-electron chi connectivity index (χ1n) is 6.97. The van der Waals surface area contributed by atoms with Crippen molar-refractivity contribution in [2.45, 2.75) is 6.42 Å². The van der Waals surface area contributed by atoms with E-state index in [9.17, 15) is 8.78 Å². The molecule has 0 radical (unpaired) electrons. The summed E-state index contributed by atoms with van der Waals surface area (Å²) in [7, 11) is 1.34. The monoisotopic (exact) mass is 348 g/mol. The van der Waals surface area contributed by atoms with Crippen LogP contribution in [0.15, 0.2) is 30.5 Å². The van der Waals surface area contributed by atoms with E-state index in [-0.39, 0.29) is 29.4 Å². The third kappa shape index (κ3) is 4.36. The molecule has 0 unspecified atom stereocenters. The smallest absolute Gasteiger partial charge is 0.171 e. The molecule has 2 rings (SSSR count). The lowest BCUT2D eigenvalue weighted by molar-refractivity contribution is 0.405. The number of methoxy groups -OCH3 is 1. The Labute approximate surface area is 143 Å². The van der Waals surface area contributed by atoms with Gasteiger partial charge in [0.1, 0.15) is 29.3 Å². The van der Waals surface area contributed by atoms with Crippen LogP contribution in [-0.4, -0.2) is 23.8 Å². The first kappa shape index (κ1) is 17.6. The van der Waals surface area contributed by atoms with Crippen molar-refractivity contribution in [3.8, 4) is 11.8 Å². The number of thiocarbonyl (C=S) groups is 1. The minimum atomic E-state index is -0.677. The molecule has 1 aromatic carbocycles. The highest BCUT2D eigenvalue weighted by Crippen LogP contribution is 2.20. The number of aromatic nitrogens is 1. The molecule has 0 atom stereocenters. The molecule has 2 aromatic rings. The number of nitrogens with zero attached hydrogens (tertiary/aromatic N) is 2. The van der Waals surface area contributed by atoms with Gasteiger partial charge in [-0.25, -0.2) is 13.8 Å². The van der Waals surface area contributed by atoms with Crippen molar-refractivity contribution in [1.29, 1.82) is 5.26 Å². The van der Waals surface area contributed by atoms with Gasteiger partial charge in [0.15, 0.2) is 5.11 Å². The molecule has 0 bridgehead atoms. The van der Waals surface area contributed by atoms with Crippen LogP contribution in [0.1, 0.15) is 11.1 Å². The fourth-order valence-corrected chi connectivity index (χ4v) is 2.18. The zero-order valence-electron chi connectivity index (χ0n) is 12.8. The van der Waals surface area contributed by atoms with Crippen LogP contribution in [0, 0.1) is 23.0 Å². The van der Waals surface area contributed by atoms with Crippen LogP contribution in [0.4, 0.5) is 14.6 Å². The lowest BCUT2D eigenvalue weighted by Gasteiger charge is -2.12. The van der Waals surface area contributed by atoms with Crippen LogP contribution in [0.5, 0.6) is 5.75 Å². The van der Waals surface area contributed by atoms with Crippen molar-refractivity contribution < 1.29 is 13.5 Å². The first-order valence-corrected chi connectivity index (χ1v) is 7.38. The van der Waals surface area contributed by atoms with Crippen LogP contribution in [-0.2, 0) is 6.42 Å². The number of halogens is 2. The Balaban J connectivity index is 1.93. The van der Waals surface area contributed by atoms with Gasteiger partial charge in [-0.15, -0.1) is 0 Å². The van der Waals surface area contributed by atoms with E-state index in [1.165, 1.54) is 13.3 Å². The van der Waals surface area contributed by atoms with Gasteiger partial charge >= 0.3 is 0 Å². The number of pyridine rings is 1. The number of rotatable bonds is 5. The Morgan fingerprint density at radius 3 is 2.71 bits per heavy atom. The van der Waals surface area contributed by atoms with E-state index in [0.29, 0.717) is 11.4 Å². The summed E-state index contributed by atoms with van der Waals surface area (Å²) in [6, 6.07) is 7.47. The molecule has 0 fully saturated rings. The molecule has 5 nitrogen and oxygen atoms in total. The summed E-state index contributed by atoms with van der Waals surface area (Å²) in [6.45, 7) is 0.209. The molecule has 8 heteroatoms. The molecule has 0 saturated heterocycles. The van der Waals surface area contributed by atoms with Gasteiger partial charge in [-0.1, -0.05) is 0 Å². The van der Waals surface area contributed by atoms with Gasteiger partial charge in [0.05, 0.1) is 12.7 Å². The van der Waals surface area contributed by atoms with Crippen molar-refractivity contribution in [2.75, 3.05) is 19.0 Å². The zero-order valence-corrected chi connectivity index (χ0v) is 13.6. The van der Waals surface area contributed by atoms with E-state index in [1.807, 2.05) is 6.07 Å². The topological polar surface area (TPSA) is 70.0 Å². The highest BCUT2D eigenvalue weighted by Gasteiger charge is 2.12. The molecule has 2 N–H and O–H groups in total. The van der Waals surface area contributed by atoms with E-state index in [4.69, 9.17) is 22.2 Å². The Morgan fingerprint density at radius 1 is 1.38 bits per heavy atom. The van der Waals surface area contributed by atoms with Gasteiger partial charge in [0.25, 0.3) is 0 Å². The van der Waals surface area contributed by atoms with E-state index in [0.717, 1.165) is 12.1 Å². The predicted octanol–water partition coefficient (Wildman–Crippen LogP) is 2.77. The SMILES string of the molecule is COc1cc(F)c(CCNC(=S)Nc2ncccc2C#N)c(F)c1. The number of anilines is 1. The Hall–Kier alpha value is -2.79. The molecule has 1 heterocycles.